The standard InChI is InChI=1S/C4H7AsO3/c6-3-1-2-5-4(7)8/h3,5H,1-2H2,(H,7,8). The number of hydrogen-bond donors (Lipinski definition) is 1. The van der Waals surface area contributed by atoms with Crippen LogP contribution >= 0.6 is 0 Å². The molecule has 0 saturated carbocycles. The van der Waals surface area contributed by atoms with Crippen LogP contribution in [0.2, 0.25) is 5.21 Å². The van der Waals surface area contributed by atoms with E-state index in [2.05, 4.69) is 0 Å². The maximum absolute atomic E-state index is 9.81. The van der Waals surface area contributed by atoms with Gasteiger partial charge in [0.05, 0.1) is 0 Å². The van der Waals surface area contributed by atoms with Gasteiger partial charge in [0, 0.05) is 0 Å². The van der Waals surface area contributed by atoms with Crippen molar-refractivity contribution in [2.24, 2.45) is 0 Å². The molecule has 0 aromatic heterocycles. The Morgan fingerprint density at radius 3 is 2.75 bits per heavy atom. The normalized spacial score (nSPS) is 10.0. The van der Waals surface area contributed by atoms with Gasteiger partial charge in [-0.1, -0.05) is 0 Å². The van der Waals surface area contributed by atoms with Gasteiger partial charge >= 0.3 is 53.1 Å². The van der Waals surface area contributed by atoms with Crippen LogP contribution < -0.4 is 0 Å². The van der Waals surface area contributed by atoms with Gasteiger partial charge in [-0.05, 0) is 0 Å². The summed E-state index contributed by atoms with van der Waals surface area (Å²) in [5.74, 6) is 0. The van der Waals surface area contributed by atoms with Crippen LogP contribution in [0.3, 0.4) is 0 Å². The third kappa shape index (κ3) is 5.70. The van der Waals surface area contributed by atoms with Gasteiger partial charge in [-0.2, -0.15) is 0 Å². The Labute approximate surface area is 53.8 Å². The number of hydrogen-bond acceptors (Lipinski definition) is 2. The number of carboxylic acid groups (broad SMARTS) is 1. The van der Waals surface area contributed by atoms with Gasteiger partial charge in [0.15, 0.2) is 0 Å². The van der Waals surface area contributed by atoms with Crippen LogP contribution in [0.5, 0.6) is 0 Å². The Kier molecular flexibility index (Phi) is 4.66. The van der Waals surface area contributed by atoms with Crippen LogP contribution in [-0.2, 0) is 4.79 Å². The van der Waals surface area contributed by atoms with Crippen molar-refractivity contribution in [1.82, 2.24) is 0 Å². The molecule has 0 fully saturated rings. The zero-order chi connectivity index (χ0) is 6.41. The van der Waals surface area contributed by atoms with E-state index in [0.29, 0.717) is 11.6 Å². The predicted octanol–water partition coefficient (Wildman–Crippen LogP) is 0.108. The van der Waals surface area contributed by atoms with Crippen molar-refractivity contribution in [3.63, 3.8) is 0 Å². The van der Waals surface area contributed by atoms with E-state index in [4.69, 9.17) is 5.11 Å². The van der Waals surface area contributed by atoms with Gasteiger partial charge in [0.1, 0.15) is 0 Å². The second-order valence-corrected chi connectivity index (χ2v) is 3.88. The molecule has 4 heteroatoms. The molecule has 0 aromatic carbocycles. The van der Waals surface area contributed by atoms with E-state index in [-0.39, 0.29) is 0 Å². The maximum atomic E-state index is 9.81. The molecule has 0 saturated heterocycles. The zero-order valence-electron chi connectivity index (χ0n) is 4.26. The minimum absolute atomic E-state index is 0.409. The fraction of sp³-hybridized carbons (Fsp3) is 0.500. The Bertz CT molecular complexity index is 91.3. The van der Waals surface area contributed by atoms with Gasteiger partial charge in [0.2, 0.25) is 0 Å². The predicted molar refractivity (Wildman–Crippen MR) is 30.7 cm³/mol. The summed E-state index contributed by atoms with van der Waals surface area (Å²) in [6, 6.07) is 0. The second-order valence-electron chi connectivity index (χ2n) is 1.19. The topological polar surface area (TPSA) is 54.4 Å². The van der Waals surface area contributed by atoms with Crippen molar-refractivity contribution < 1.29 is 14.7 Å². The molecule has 1 N–H and O–H groups in total. The fourth-order valence-corrected chi connectivity index (χ4v) is 1.24. The Morgan fingerprint density at radius 1 is 1.75 bits per heavy atom. The van der Waals surface area contributed by atoms with Crippen LogP contribution in [0.1, 0.15) is 6.42 Å². The average Bonchev–Trinajstić information content (AvgIpc) is 1.66. The molecule has 0 aliphatic rings. The molecule has 0 spiro atoms. The summed E-state index contributed by atoms with van der Waals surface area (Å²) in [5, 5.41) is 8.66. The number of aldehydes is 1. The van der Waals surface area contributed by atoms with Gasteiger partial charge in [-0.25, -0.2) is 0 Å². The summed E-state index contributed by atoms with van der Waals surface area (Å²) in [4.78, 5) is 19.4. The number of rotatable bonds is 4. The van der Waals surface area contributed by atoms with Crippen LogP contribution in [0, 0.1) is 0 Å². The summed E-state index contributed by atoms with van der Waals surface area (Å²) in [6.07, 6.45) is 1.17. The molecule has 0 amide bonds. The monoisotopic (exact) mass is 178 g/mol. The summed E-state index contributed by atoms with van der Waals surface area (Å²) in [5.41, 5.74) is 0. The first kappa shape index (κ1) is 7.70. The van der Waals surface area contributed by atoms with Gasteiger partial charge in [-0.15, -0.1) is 0 Å². The van der Waals surface area contributed by atoms with Crippen LogP contribution in [0.4, 0.5) is 4.79 Å². The Balaban J connectivity index is 2.93. The van der Waals surface area contributed by atoms with Crippen molar-refractivity contribution in [1.29, 1.82) is 0 Å². The van der Waals surface area contributed by atoms with Crippen LogP contribution in [0.15, 0.2) is 0 Å². The SMILES string of the molecule is O=CCC[AsH]C(=O)O. The average molecular weight is 178 g/mol. The molecule has 1 unspecified atom stereocenters. The Morgan fingerprint density at radius 2 is 2.38 bits per heavy atom. The van der Waals surface area contributed by atoms with Crippen LogP contribution in [0.25, 0.3) is 0 Å². The first-order chi connectivity index (χ1) is 3.77. The first-order valence-electron chi connectivity index (χ1n) is 2.18. The van der Waals surface area contributed by atoms with E-state index in [1.165, 1.54) is 0 Å². The quantitative estimate of drug-likeness (QED) is 0.377. The molecular weight excluding hydrogens is 171 g/mol. The van der Waals surface area contributed by atoms with Gasteiger partial charge in [-0.3, -0.25) is 0 Å². The summed E-state index contributed by atoms with van der Waals surface area (Å²) >= 11 is -0.872. The number of carbonyl (C=O) groups is 2. The zero-order valence-corrected chi connectivity index (χ0v) is 6.35. The van der Waals surface area contributed by atoms with Crippen molar-refractivity contribution in [3.05, 3.63) is 0 Å². The third-order valence-electron chi connectivity index (χ3n) is 0.538. The molecule has 0 rings (SSSR count). The second kappa shape index (κ2) is 4.85. The molecule has 0 aromatic rings. The molecule has 1 atom stereocenters. The molecular formula is C4H7AsO3. The van der Waals surface area contributed by atoms with Crippen molar-refractivity contribution in [2.45, 2.75) is 11.6 Å². The minimum atomic E-state index is -0.872. The van der Waals surface area contributed by atoms with Gasteiger partial charge < -0.3 is 0 Å². The molecule has 0 radical (unpaired) electrons. The van der Waals surface area contributed by atoms with E-state index in [1.54, 1.807) is 0 Å². The van der Waals surface area contributed by atoms with Crippen molar-refractivity contribution in [3.8, 4) is 0 Å². The molecule has 0 heterocycles. The Hall–Kier alpha value is -0.302. The molecule has 0 bridgehead atoms. The van der Waals surface area contributed by atoms with E-state index >= 15 is 0 Å². The third-order valence-corrected chi connectivity index (χ3v) is 2.30. The summed E-state index contributed by atoms with van der Waals surface area (Å²) in [6.45, 7) is 0. The van der Waals surface area contributed by atoms with E-state index in [1.807, 2.05) is 0 Å². The number of carbonyl (C=O) groups excluding carboxylic acids is 1. The van der Waals surface area contributed by atoms with E-state index < -0.39 is 20.5 Å². The molecule has 0 aliphatic heterocycles. The van der Waals surface area contributed by atoms with Gasteiger partial charge in [0.25, 0.3) is 0 Å². The van der Waals surface area contributed by atoms with E-state index in [9.17, 15) is 9.59 Å². The van der Waals surface area contributed by atoms with Crippen LogP contribution in [-0.4, -0.2) is 31.9 Å². The van der Waals surface area contributed by atoms with Crippen molar-refractivity contribution >= 4 is 26.8 Å². The first-order valence-corrected chi connectivity index (χ1v) is 4.71. The molecule has 3 nitrogen and oxygen atoms in total. The molecule has 0 aliphatic carbocycles. The van der Waals surface area contributed by atoms with E-state index in [0.717, 1.165) is 6.29 Å². The summed E-state index contributed by atoms with van der Waals surface area (Å²) in [7, 11) is 0. The fourth-order valence-electron chi connectivity index (χ4n) is 0.238. The molecule has 8 heavy (non-hydrogen) atoms. The summed E-state index contributed by atoms with van der Waals surface area (Å²) < 4.78 is -0.716. The van der Waals surface area contributed by atoms with Crippen molar-refractivity contribution in [2.75, 3.05) is 0 Å². The molecule has 46 valence electrons.